The zero-order valence-electron chi connectivity index (χ0n) is 19.5. The Morgan fingerprint density at radius 1 is 1.14 bits per heavy atom. The Morgan fingerprint density at radius 3 is 2.59 bits per heavy atom. The van der Waals surface area contributed by atoms with Crippen LogP contribution in [0.1, 0.15) is 11.3 Å². The molecule has 2 aromatic heterocycles. The summed E-state index contributed by atoms with van der Waals surface area (Å²) in [5.41, 5.74) is -1.66. The van der Waals surface area contributed by atoms with Crippen molar-refractivity contribution in [1.82, 2.24) is 13.5 Å². The van der Waals surface area contributed by atoms with Crippen LogP contribution in [-0.2, 0) is 22.8 Å². The summed E-state index contributed by atoms with van der Waals surface area (Å²) in [5.74, 6) is -0.108. The van der Waals surface area contributed by atoms with Crippen LogP contribution in [0.5, 0.6) is 5.75 Å². The molecule has 0 spiro atoms. The number of carbonyl (C=O) groups is 1. The van der Waals surface area contributed by atoms with Crippen molar-refractivity contribution in [1.29, 1.82) is 0 Å². The molecule has 0 saturated heterocycles. The Morgan fingerprint density at radius 2 is 1.89 bits per heavy atom. The van der Waals surface area contributed by atoms with Gasteiger partial charge >= 0.3 is 17.8 Å². The summed E-state index contributed by atoms with van der Waals surface area (Å²) in [4.78, 5) is 37.2. The van der Waals surface area contributed by atoms with Crippen LogP contribution in [0, 0.1) is 6.92 Å². The van der Waals surface area contributed by atoms with Gasteiger partial charge in [0.25, 0.3) is 5.56 Å². The minimum absolute atomic E-state index is 0.0484. The number of rotatable bonds is 7. The van der Waals surface area contributed by atoms with Crippen molar-refractivity contribution in [2.75, 3.05) is 19.1 Å². The minimum atomic E-state index is -4.86. The fraction of sp³-hybridized carbons (Fsp3) is 0.250. The number of hydrogen-bond acceptors (Lipinski definition) is 7. The molecule has 0 radical (unpaired) electrons. The van der Waals surface area contributed by atoms with Gasteiger partial charge in [0.1, 0.15) is 18.1 Å². The molecule has 13 heteroatoms. The summed E-state index contributed by atoms with van der Waals surface area (Å²) in [6, 6.07) is 10.2. The van der Waals surface area contributed by atoms with Gasteiger partial charge in [0, 0.05) is 24.1 Å². The van der Waals surface area contributed by atoms with Crippen LogP contribution in [0.25, 0.3) is 27.0 Å². The number of aromatic nitrogens is 3. The van der Waals surface area contributed by atoms with E-state index in [1.165, 1.54) is 12.1 Å². The molecule has 8 nitrogen and oxygen atoms in total. The van der Waals surface area contributed by atoms with Crippen LogP contribution < -0.4 is 16.0 Å². The van der Waals surface area contributed by atoms with E-state index in [0.29, 0.717) is 42.3 Å². The molecule has 4 rings (SSSR count). The molecule has 0 bridgehead atoms. The first kappa shape index (κ1) is 26.4. The third kappa shape index (κ3) is 5.39. The van der Waals surface area contributed by atoms with Gasteiger partial charge in [0.2, 0.25) is 0 Å². The fourth-order valence-electron chi connectivity index (χ4n) is 3.68. The van der Waals surface area contributed by atoms with Crippen molar-refractivity contribution < 1.29 is 27.4 Å². The smallest absolute Gasteiger partial charge is 0.431 e. The number of ether oxygens (including phenoxy) is 2. The van der Waals surface area contributed by atoms with Gasteiger partial charge in [0.05, 0.1) is 22.0 Å². The van der Waals surface area contributed by atoms with Gasteiger partial charge < -0.3 is 9.47 Å². The van der Waals surface area contributed by atoms with E-state index in [1.54, 1.807) is 24.3 Å². The normalized spacial score (nSPS) is 11.6. The molecule has 0 unspecified atom stereocenters. The van der Waals surface area contributed by atoms with Crippen molar-refractivity contribution in [3.63, 3.8) is 0 Å². The van der Waals surface area contributed by atoms with Crippen LogP contribution in [0.3, 0.4) is 0 Å². The molecule has 0 aliphatic rings. The van der Waals surface area contributed by atoms with E-state index in [0.717, 1.165) is 24.1 Å². The molecular weight excluding hydrogens is 535 g/mol. The molecule has 0 aliphatic carbocycles. The van der Waals surface area contributed by atoms with Gasteiger partial charge in [-0.3, -0.25) is 9.36 Å². The Balaban J connectivity index is 1.81. The molecular formula is C24H19ClF3N3O5S. The number of fused-ring (bicyclic) bond motifs is 1. The van der Waals surface area contributed by atoms with E-state index < -0.39 is 29.1 Å². The molecule has 2 aromatic carbocycles. The number of carbonyl (C=O) groups excluding carboxylic acids is 1. The number of benzene rings is 2. The van der Waals surface area contributed by atoms with Crippen molar-refractivity contribution in [2.45, 2.75) is 13.1 Å². The number of halogens is 4. The maximum absolute atomic E-state index is 13.2. The van der Waals surface area contributed by atoms with Crippen molar-refractivity contribution in [3.05, 3.63) is 74.6 Å². The lowest BCUT2D eigenvalue weighted by atomic mass is 10.0. The second-order valence-corrected chi connectivity index (χ2v) is 9.13. The highest BCUT2D eigenvalue weighted by molar-refractivity contribution is 7.13. The summed E-state index contributed by atoms with van der Waals surface area (Å²) >= 11 is 6.67. The number of hydrogen-bond donors (Lipinski definition) is 0. The summed E-state index contributed by atoms with van der Waals surface area (Å²) in [6.07, 6.45) is -4.86. The zero-order valence-corrected chi connectivity index (χ0v) is 21.0. The predicted octanol–water partition coefficient (Wildman–Crippen LogP) is 4.30. The number of esters is 1. The zero-order chi connectivity index (χ0) is 26.9. The first-order chi connectivity index (χ1) is 17.5. The second kappa shape index (κ2) is 10.4. The van der Waals surface area contributed by atoms with E-state index in [1.807, 2.05) is 6.92 Å². The SMILES string of the molecule is Cc1ccc(OCC(=O)OCCCl)c(-c2nsc3ccc(-n4c(=O)cc(C(F)(F)F)n(C)c4=O)cc23)c1. The van der Waals surface area contributed by atoms with Crippen LogP contribution in [0.15, 0.2) is 52.1 Å². The van der Waals surface area contributed by atoms with E-state index >= 15 is 0 Å². The van der Waals surface area contributed by atoms with Crippen molar-refractivity contribution in [2.24, 2.45) is 7.05 Å². The van der Waals surface area contributed by atoms with Gasteiger partial charge in [-0.1, -0.05) is 11.6 Å². The van der Waals surface area contributed by atoms with Gasteiger partial charge in [-0.05, 0) is 48.8 Å². The highest BCUT2D eigenvalue weighted by Gasteiger charge is 2.35. The molecule has 4 aromatic rings. The van der Waals surface area contributed by atoms with Crippen molar-refractivity contribution in [3.8, 4) is 22.7 Å². The quantitative estimate of drug-likeness (QED) is 0.250. The number of alkyl halides is 4. The average Bonchev–Trinajstić information content (AvgIpc) is 3.26. The standard InChI is InChI=1S/C24H19ClF3N3O5S/c1-13-3-5-17(36-12-21(33)35-8-7-25)15(9-13)22-16-10-14(4-6-18(16)37-29-22)31-20(32)11-19(24(26,27)28)30(2)23(31)34/h3-6,9-11H,7-8,12H2,1-2H3. The van der Waals surface area contributed by atoms with Gasteiger partial charge in [-0.15, -0.1) is 11.6 Å². The molecule has 0 atom stereocenters. The van der Waals surface area contributed by atoms with Gasteiger partial charge in [0.15, 0.2) is 6.61 Å². The van der Waals surface area contributed by atoms with Crippen LogP contribution in [0.4, 0.5) is 13.2 Å². The van der Waals surface area contributed by atoms with Gasteiger partial charge in [-0.25, -0.2) is 14.2 Å². The summed E-state index contributed by atoms with van der Waals surface area (Å²) in [5, 5.41) is 0.538. The topological polar surface area (TPSA) is 92.4 Å². The van der Waals surface area contributed by atoms with E-state index in [4.69, 9.17) is 21.1 Å². The molecule has 0 aliphatic heterocycles. The Hall–Kier alpha value is -3.64. The Kier molecular flexibility index (Phi) is 7.42. The molecule has 0 N–H and O–H groups in total. The summed E-state index contributed by atoms with van der Waals surface area (Å²) in [6.45, 7) is 1.54. The van der Waals surface area contributed by atoms with Crippen LogP contribution in [-0.4, -0.2) is 38.6 Å². The van der Waals surface area contributed by atoms with Crippen molar-refractivity contribution >= 4 is 39.2 Å². The number of aryl methyl sites for hydroxylation is 1. The van der Waals surface area contributed by atoms with Crippen LogP contribution >= 0.6 is 23.1 Å². The lowest BCUT2D eigenvalue weighted by Crippen LogP contribution is -2.40. The maximum atomic E-state index is 13.2. The lowest BCUT2D eigenvalue weighted by molar-refractivity contribution is -0.145. The number of nitrogens with zero attached hydrogens (tertiary/aromatic N) is 3. The van der Waals surface area contributed by atoms with Gasteiger partial charge in [-0.2, -0.15) is 17.5 Å². The van der Waals surface area contributed by atoms with E-state index in [9.17, 15) is 27.6 Å². The van der Waals surface area contributed by atoms with Crippen LogP contribution in [0.2, 0.25) is 0 Å². The molecule has 2 heterocycles. The molecule has 37 heavy (non-hydrogen) atoms. The molecule has 0 amide bonds. The average molecular weight is 554 g/mol. The first-order valence-electron chi connectivity index (χ1n) is 10.8. The maximum Gasteiger partial charge on any atom is 0.431 e. The van der Waals surface area contributed by atoms with E-state index in [2.05, 4.69) is 4.37 Å². The Bertz CT molecular complexity index is 1610. The highest BCUT2D eigenvalue weighted by atomic mass is 35.5. The summed E-state index contributed by atoms with van der Waals surface area (Å²) < 4.78 is 56.5. The highest BCUT2D eigenvalue weighted by Crippen LogP contribution is 2.37. The molecule has 0 fully saturated rings. The van der Waals surface area contributed by atoms with E-state index in [-0.39, 0.29) is 24.8 Å². The largest absolute Gasteiger partial charge is 0.481 e. The minimum Gasteiger partial charge on any atom is -0.481 e. The summed E-state index contributed by atoms with van der Waals surface area (Å²) in [7, 11) is 0.950. The third-order valence-corrected chi connectivity index (χ3v) is 6.38. The third-order valence-electron chi connectivity index (χ3n) is 5.40. The Labute approximate surface area is 216 Å². The molecule has 194 valence electrons. The predicted molar refractivity (Wildman–Crippen MR) is 133 cm³/mol. The second-order valence-electron chi connectivity index (χ2n) is 7.95. The monoisotopic (exact) mass is 553 g/mol. The lowest BCUT2D eigenvalue weighted by Gasteiger charge is -2.14. The molecule has 0 saturated carbocycles. The first-order valence-corrected chi connectivity index (χ1v) is 12.1. The fourth-order valence-corrected chi connectivity index (χ4v) is 4.53.